The summed E-state index contributed by atoms with van der Waals surface area (Å²) < 4.78 is 10.9. The third-order valence-corrected chi connectivity index (χ3v) is 4.30. The molecule has 1 aromatic heterocycles. The molecule has 0 aliphatic carbocycles. The third kappa shape index (κ3) is 3.80. The smallest absolute Gasteiger partial charge is 0.261 e. The second-order valence-corrected chi connectivity index (χ2v) is 5.98. The highest BCUT2D eigenvalue weighted by Gasteiger charge is 2.15. The summed E-state index contributed by atoms with van der Waals surface area (Å²) in [5, 5.41) is 5.25. The third-order valence-electron chi connectivity index (χ3n) is 3.54. The van der Waals surface area contributed by atoms with Gasteiger partial charge in [0.05, 0.1) is 25.0 Å². The summed E-state index contributed by atoms with van der Waals surface area (Å²) in [5.74, 6) is 1.05. The minimum atomic E-state index is -0.253. The van der Waals surface area contributed by atoms with Crippen molar-refractivity contribution in [3.05, 3.63) is 59.5 Å². The van der Waals surface area contributed by atoms with Gasteiger partial charge in [0.25, 0.3) is 5.91 Å². The Labute approximate surface area is 150 Å². The van der Waals surface area contributed by atoms with Crippen LogP contribution in [-0.2, 0) is 0 Å². The number of carbonyl (C=O) groups excluding carboxylic acids is 1. The summed E-state index contributed by atoms with van der Waals surface area (Å²) in [7, 11) is 1.54. The van der Waals surface area contributed by atoms with Crippen molar-refractivity contribution in [1.82, 2.24) is 4.98 Å². The molecule has 3 rings (SSSR count). The van der Waals surface area contributed by atoms with Gasteiger partial charge in [-0.15, -0.1) is 11.3 Å². The molecule has 0 bridgehead atoms. The quantitative estimate of drug-likeness (QED) is 0.709. The number of amides is 1. The van der Waals surface area contributed by atoms with Crippen molar-refractivity contribution < 1.29 is 14.3 Å². The summed E-state index contributed by atoms with van der Waals surface area (Å²) >= 11 is 1.37. The molecule has 2 aromatic carbocycles. The van der Waals surface area contributed by atoms with Gasteiger partial charge in [-0.2, -0.15) is 0 Å². The summed E-state index contributed by atoms with van der Waals surface area (Å²) in [5.41, 5.74) is 2.14. The van der Waals surface area contributed by atoms with Gasteiger partial charge in [-0.05, 0) is 31.2 Å². The number of anilines is 1. The topological polar surface area (TPSA) is 60.5 Å². The van der Waals surface area contributed by atoms with Gasteiger partial charge in [0, 0.05) is 10.9 Å². The average Bonchev–Trinajstić information content (AvgIpc) is 3.10. The average molecular weight is 354 g/mol. The predicted molar refractivity (Wildman–Crippen MR) is 99.7 cm³/mol. The van der Waals surface area contributed by atoms with Gasteiger partial charge in [-0.25, -0.2) is 4.98 Å². The molecule has 1 N–H and O–H groups in total. The zero-order chi connectivity index (χ0) is 17.6. The van der Waals surface area contributed by atoms with Crippen LogP contribution in [0.15, 0.2) is 53.9 Å². The van der Waals surface area contributed by atoms with E-state index in [0.29, 0.717) is 23.1 Å². The van der Waals surface area contributed by atoms with Crippen LogP contribution < -0.4 is 14.8 Å². The largest absolute Gasteiger partial charge is 0.496 e. The molecule has 0 aliphatic rings. The Morgan fingerprint density at radius 1 is 1.12 bits per heavy atom. The van der Waals surface area contributed by atoms with Crippen molar-refractivity contribution in [3.63, 3.8) is 0 Å². The summed E-state index contributed by atoms with van der Waals surface area (Å²) in [4.78, 5) is 17.0. The molecule has 0 saturated heterocycles. The van der Waals surface area contributed by atoms with E-state index in [2.05, 4.69) is 10.3 Å². The number of carbonyl (C=O) groups is 1. The van der Waals surface area contributed by atoms with E-state index in [9.17, 15) is 4.79 Å². The van der Waals surface area contributed by atoms with E-state index in [1.807, 2.05) is 42.6 Å². The second-order valence-electron chi connectivity index (χ2n) is 5.12. The fraction of sp³-hybridized carbons (Fsp3) is 0.158. The Bertz CT molecular complexity index is 876. The Hall–Kier alpha value is -2.86. The number of nitrogens with zero attached hydrogens (tertiary/aromatic N) is 1. The normalized spacial score (nSPS) is 10.3. The number of nitrogens with one attached hydrogen (secondary N) is 1. The molecule has 0 atom stereocenters. The van der Waals surface area contributed by atoms with Gasteiger partial charge in [-0.3, -0.25) is 10.1 Å². The highest BCUT2D eigenvalue weighted by molar-refractivity contribution is 7.14. The number of ether oxygens (including phenoxy) is 2. The maximum absolute atomic E-state index is 12.5. The number of methoxy groups -OCH3 is 1. The lowest BCUT2D eigenvalue weighted by atomic mass is 10.1. The van der Waals surface area contributed by atoms with Gasteiger partial charge in [0.15, 0.2) is 5.13 Å². The molecule has 25 heavy (non-hydrogen) atoms. The van der Waals surface area contributed by atoms with E-state index in [4.69, 9.17) is 9.47 Å². The fourth-order valence-corrected chi connectivity index (χ4v) is 3.12. The van der Waals surface area contributed by atoms with Crippen LogP contribution in [0.2, 0.25) is 0 Å². The van der Waals surface area contributed by atoms with Crippen molar-refractivity contribution >= 4 is 22.4 Å². The summed E-state index contributed by atoms with van der Waals surface area (Å²) in [6.45, 7) is 2.52. The van der Waals surface area contributed by atoms with E-state index < -0.39 is 0 Å². The van der Waals surface area contributed by atoms with Gasteiger partial charge < -0.3 is 9.47 Å². The van der Waals surface area contributed by atoms with Gasteiger partial charge in [0.2, 0.25) is 0 Å². The molecule has 6 heteroatoms. The van der Waals surface area contributed by atoms with Crippen LogP contribution in [0.3, 0.4) is 0 Å². The van der Waals surface area contributed by atoms with Gasteiger partial charge in [-0.1, -0.05) is 24.3 Å². The minimum absolute atomic E-state index is 0.253. The van der Waals surface area contributed by atoms with Crippen molar-refractivity contribution in [3.8, 4) is 22.8 Å². The lowest BCUT2D eigenvalue weighted by Crippen LogP contribution is -2.12. The number of rotatable bonds is 6. The van der Waals surface area contributed by atoms with Crippen molar-refractivity contribution in [2.45, 2.75) is 6.92 Å². The molecule has 1 heterocycles. The lowest BCUT2D eigenvalue weighted by molar-refractivity contribution is 0.102. The zero-order valence-electron chi connectivity index (χ0n) is 14.0. The van der Waals surface area contributed by atoms with Crippen LogP contribution in [0.1, 0.15) is 17.3 Å². The number of benzene rings is 2. The lowest BCUT2D eigenvalue weighted by Gasteiger charge is -2.08. The number of aromatic nitrogens is 1. The molecular formula is C19H18N2O3S. The van der Waals surface area contributed by atoms with Gasteiger partial charge >= 0.3 is 0 Å². The monoisotopic (exact) mass is 354 g/mol. The molecule has 0 unspecified atom stereocenters. The molecule has 0 radical (unpaired) electrons. The highest BCUT2D eigenvalue weighted by Crippen LogP contribution is 2.32. The second kappa shape index (κ2) is 7.81. The Morgan fingerprint density at radius 2 is 1.84 bits per heavy atom. The van der Waals surface area contributed by atoms with Gasteiger partial charge in [0.1, 0.15) is 11.5 Å². The van der Waals surface area contributed by atoms with E-state index in [0.717, 1.165) is 17.0 Å². The predicted octanol–water partition coefficient (Wildman–Crippen LogP) is 4.47. The number of hydrogen-bond donors (Lipinski definition) is 1. The van der Waals surface area contributed by atoms with Crippen molar-refractivity contribution in [2.75, 3.05) is 19.0 Å². The van der Waals surface area contributed by atoms with Crippen LogP contribution in [0, 0.1) is 0 Å². The molecule has 128 valence electrons. The zero-order valence-corrected chi connectivity index (χ0v) is 14.8. The summed E-state index contributed by atoms with van der Waals surface area (Å²) in [6, 6.07) is 14.8. The fourth-order valence-electron chi connectivity index (χ4n) is 2.41. The van der Waals surface area contributed by atoms with Crippen LogP contribution >= 0.6 is 11.3 Å². The van der Waals surface area contributed by atoms with Crippen LogP contribution in [-0.4, -0.2) is 24.6 Å². The number of para-hydroxylation sites is 2. The Kier molecular flexibility index (Phi) is 5.30. The van der Waals surface area contributed by atoms with E-state index in [1.165, 1.54) is 18.4 Å². The molecule has 3 aromatic rings. The number of thiazole rings is 1. The first kappa shape index (κ1) is 17.0. The van der Waals surface area contributed by atoms with Crippen molar-refractivity contribution in [2.24, 2.45) is 0 Å². The highest BCUT2D eigenvalue weighted by atomic mass is 32.1. The first-order chi connectivity index (χ1) is 12.2. The first-order valence-electron chi connectivity index (χ1n) is 7.85. The molecule has 1 amide bonds. The van der Waals surface area contributed by atoms with E-state index in [-0.39, 0.29) is 5.91 Å². The standard InChI is InChI=1S/C19H18N2O3S/c1-3-24-17-11-7-4-8-13(17)15-12-25-19(20-15)21-18(22)14-9-5-6-10-16(14)23-2/h4-12H,3H2,1-2H3,(H,20,21,22). The SMILES string of the molecule is CCOc1ccccc1-c1csc(NC(=O)c2ccccc2OC)n1. The molecule has 0 fully saturated rings. The van der Waals surface area contributed by atoms with Crippen LogP contribution in [0.25, 0.3) is 11.3 Å². The Balaban J connectivity index is 1.82. The first-order valence-corrected chi connectivity index (χ1v) is 8.73. The molecule has 0 spiro atoms. The Morgan fingerprint density at radius 3 is 2.60 bits per heavy atom. The molecular weight excluding hydrogens is 336 g/mol. The molecule has 0 aliphatic heterocycles. The maximum atomic E-state index is 12.5. The van der Waals surface area contributed by atoms with E-state index in [1.54, 1.807) is 18.2 Å². The van der Waals surface area contributed by atoms with Crippen molar-refractivity contribution in [1.29, 1.82) is 0 Å². The van der Waals surface area contributed by atoms with Crippen LogP contribution in [0.5, 0.6) is 11.5 Å². The van der Waals surface area contributed by atoms with E-state index >= 15 is 0 Å². The number of hydrogen-bond acceptors (Lipinski definition) is 5. The maximum Gasteiger partial charge on any atom is 0.261 e. The molecule has 0 saturated carbocycles. The van der Waals surface area contributed by atoms with Crippen LogP contribution in [0.4, 0.5) is 5.13 Å². The minimum Gasteiger partial charge on any atom is -0.496 e. The molecule has 5 nitrogen and oxygen atoms in total. The summed E-state index contributed by atoms with van der Waals surface area (Å²) in [6.07, 6.45) is 0.